The maximum atomic E-state index is 13.0. The van der Waals surface area contributed by atoms with Gasteiger partial charge >= 0.3 is 5.97 Å². The summed E-state index contributed by atoms with van der Waals surface area (Å²) in [6.07, 6.45) is 3.12. The smallest absolute Gasteiger partial charge is 0.338 e. The summed E-state index contributed by atoms with van der Waals surface area (Å²) in [5.41, 5.74) is 2.83. The standard InChI is InChI=1S/C31H25BrN2O6/c1-18-5-14-25-26(15-18)30(38)34(29(25)37)24-4-2-3-21(16-24)28(36)33-23-12-8-20(9-13-23)31(39)40-17-27(35)19-6-10-22(32)11-7-19/h2-13,16,25-26H,14-15,17H2,1H3,(H,33,36)/t25-,26+/m1/s1. The molecule has 1 aliphatic heterocycles. The third-order valence-electron chi connectivity index (χ3n) is 7.07. The molecular weight excluding hydrogens is 576 g/mol. The van der Waals surface area contributed by atoms with E-state index in [9.17, 15) is 24.0 Å². The van der Waals surface area contributed by atoms with Crippen molar-refractivity contribution >= 4 is 56.8 Å². The van der Waals surface area contributed by atoms with Crippen LogP contribution in [-0.4, -0.2) is 36.1 Å². The SMILES string of the molecule is CC1=CC[C@H]2C(=O)N(c3cccc(C(=O)Nc4ccc(C(=O)OCC(=O)c5ccc(Br)cc5)cc4)c3)C(=O)[C@H]2C1. The number of esters is 1. The molecule has 3 aromatic rings. The number of nitrogens with zero attached hydrogens (tertiary/aromatic N) is 1. The van der Waals surface area contributed by atoms with Crippen LogP contribution in [0.1, 0.15) is 50.8 Å². The predicted molar refractivity (Wildman–Crippen MR) is 152 cm³/mol. The second-order valence-electron chi connectivity index (χ2n) is 9.80. The number of fused-ring (bicyclic) bond motifs is 1. The number of halogens is 1. The number of nitrogens with one attached hydrogen (secondary N) is 1. The molecule has 202 valence electrons. The Morgan fingerprint density at radius 2 is 1.57 bits per heavy atom. The number of Topliss-reactive ketones (excluding diaryl/α,β-unsaturated/α-hetero) is 1. The second kappa shape index (κ2) is 11.4. The largest absolute Gasteiger partial charge is 0.454 e. The molecule has 0 aromatic heterocycles. The molecule has 2 aliphatic rings. The third-order valence-corrected chi connectivity index (χ3v) is 7.60. The van der Waals surface area contributed by atoms with Crippen molar-refractivity contribution in [3.63, 3.8) is 0 Å². The van der Waals surface area contributed by atoms with Crippen molar-refractivity contribution in [3.8, 4) is 0 Å². The normalized spacial score (nSPS) is 18.1. The highest BCUT2D eigenvalue weighted by Crippen LogP contribution is 2.39. The maximum absolute atomic E-state index is 13.0. The molecule has 1 N–H and O–H groups in total. The van der Waals surface area contributed by atoms with E-state index in [1.807, 2.05) is 13.0 Å². The molecule has 0 saturated carbocycles. The quantitative estimate of drug-likeness (QED) is 0.164. The van der Waals surface area contributed by atoms with Crippen LogP contribution in [0, 0.1) is 11.8 Å². The molecule has 0 bridgehead atoms. The van der Waals surface area contributed by atoms with Gasteiger partial charge in [-0.25, -0.2) is 4.79 Å². The number of ketones is 1. The summed E-state index contributed by atoms with van der Waals surface area (Å²) >= 11 is 3.30. The molecule has 0 unspecified atom stereocenters. The van der Waals surface area contributed by atoms with Gasteiger partial charge in [0.25, 0.3) is 5.91 Å². The van der Waals surface area contributed by atoms with Crippen molar-refractivity contribution in [2.45, 2.75) is 19.8 Å². The number of amides is 3. The Hall–Kier alpha value is -4.37. The van der Waals surface area contributed by atoms with Gasteiger partial charge in [-0.15, -0.1) is 0 Å². The first-order valence-corrected chi connectivity index (χ1v) is 13.5. The first kappa shape index (κ1) is 27.2. The minimum absolute atomic E-state index is 0.223. The van der Waals surface area contributed by atoms with E-state index >= 15 is 0 Å². The average Bonchev–Trinajstić information content (AvgIpc) is 3.20. The maximum Gasteiger partial charge on any atom is 0.338 e. The fourth-order valence-corrected chi connectivity index (χ4v) is 5.17. The molecule has 0 spiro atoms. The monoisotopic (exact) mass is 600 g/mol. The first-order chi connectivity index (χ1) is 19.2. The average molecular weight is 601 g/mol. The predicted octanol–water partition coefficient (Wildman–Crippen LogP) is 5.59. The number of allylic oxidation sites excluding steroid dienone is 2. The molecule has 9 heteroatoms. The molecule has 5 rings (SSSR count). The summed E-state index contributed by atoms with van der Waals surface area (Å²) < 4.78 is 5.97. The van der Waals surface area contributed by atoms with Crippen LogP contribution in [0.2, 0.25) is 0 Å². The molecule has 40 heavy (non-hydrogen) atoms. The number of imide groups is 1. The fraction of sp³-hybridized carbons (Fsp3) is 0.194. The molecule has 3 aromatic carbocycles. The van der Waals surface area contributed by atoms with Gasteiger partial charge in [-0.1, -0.05) is 45.8 Å². The summed E-state index contributed by atoms with van der Waals surface area (Å²) in [6.45, 7) is 1.57. The van der Waals surface area contributed by atoms with E-state index in [-0.39, 0.29) is 40.6 Å². The van der Waals surface area contributed by atoms with Crippen LogP contribution < -0.4 is 10.2 Å². The molecule has 1 heterocycles. The van der Waals surface area contributed by atoms with Crippen molar-refractivity contribution in [3.05, 3.63) is 106 Å². The van der Waals surface area contributed by atoms with Gasteiger partial charge in [0.2, 0.25) is 11.8 Å². The summed E-state index contributed by atoms with van der Waals surface area (Å²) in [4.78, 5) is 64.8. The van der Waals surface area contributed by atoms with E-state index in [1.54, 1.807) is 54.6 Å². The summed E-state index contributed by atoms with van der Waals surface area (Å²) in [6, 6.07) is 19.2. The first-order valence-electron chi connectivity index (χ1n) is 12.7. The van der Waals surface area contributed by atoms with E-state index in [0.717, 1.165) is 10.0 Å². The molecule has 1 fully saturated rings. The number of carbonyl (C=O) groups excluding carboxylic acids is 5. The van der Waals surface area contributed by atoms with Crippen LogP contribution in [0.15, 0.2) is 88.9 Å². The Balaban J connectivity index is 1.20. The van der Waals surface area contributed by atoms with Gasteiger partial charge in [0, 0.05) is 21.3 Å². The van der Waals surface area contributed by atoms with Crippen molar-refractivity contribution < 1.29 is 28.7 Å². The minimum atomic E-state index is -0.665. The van der Waals surface area contributed by atoms with Gasteiger partial charge < -0.3 is 10.1 Å². The zero-order valence-electron chi connectivity index (χ0n) is 21.6. The van der Waals surface area contributed by atoms with E-state index in [2.05, 4.69) is 21.2 Å². The van der Waals surface area contributed by atoms with Crippen LogP contribution in [0.25, 0.3) is 0 Å². The zero-order chi connectivity index (χ0) is 28.4. The summed E-state index contributed by atoms with van der Waals surface area (Å²) in [7, 11) is 0. The van der Waals surface area contributed by atoms with Gasteiger partial charge in [0.1, 0.15) is 0 Å². The molecular formula is C31H25BrN2O6. The molecule has 8 nitrogen and oxygen atoms in total. The number of hydrogen-bond acceptors (Lipinski definition) is 6. The van der Waals surface area contributed by atoms with Crippen molar-refractivity contribution in [1.29, 1.82) is 0 Å². The van der Waals surface area contributed by atoms with Crippen LogP contribution in [0.5, 0.6) is 0 Å². The fourth-order valence-electron chi connectivity index (χ4n) is 4.90. The van der Waals surface area contributed by atoms with Crippen molar-refractivity contribution in [1.82, 2.24) is 0 Å². The summed E-state index contributed by atoms with van der Waals surface area (Å²) in [5.74, 6) is -2.63. The minimum Gasteiger partial charge on any atom is -0.454 e. The topological polar surface area (TPSA) is 110 Å². The lowest BCUT2D eigenvalue weighted by Crippen LogP contribution is -2.31. The zero-order valence-corrected chi connectivity index (χ0v) is 23.1. The highest BCUT2D eigenvalue weighted by molar-refractivity contribution is 9.10. The number of benzene rings is 3. The molecule has 0 radical (unpaired) electrons. The third kappa shape index (κ3) is 5.65. The van der Waals surface area contributed by atoms with Gasteiger partial charge in [0.05, 0.1) is 23.1 Å². The van der Waals surface area contributed by atoms with Crippen molar-refractivity contribution in [2.24, 2.45) is 11.8 Å². The number of hydrogen-bond donors (Lipinski definition) is 1. The van der Waals surface area contributed by atoms with Gasteiger partial charge in [-0.2, -0.15) is 0 Å². The van der Waals surface area contributed by atoms with E-state index in [0.29, 0.717) is 29.8 Å². The highest BCUT2D eigenvalue weighted by Gasteiger charge is 2.48. The molecule has 1 saturated heterocycles. The van der Waals surface area contributed by atoms with Crippen LogP contribution in [-0.2, 0) is 14.3 Å². The number of ether oxygens (including phenoxy) is 1. The number of carbonyl (C=O) groups is 5. The van der Waals surface area contributed by atoms with Gasteiger partial charge in [0.15, 0.2) is 12.4 Å². The van der Waals surface area contributed by atoms with E-state index < -0.39 is 18.5 Å². The Kier molecular flexibility index (Phi) is 7.75. The highest BCUT2D eigenvalue weighted by atomic mass is 79.9. The Morgan fingerprint density at radius 1 is 0.900 bits per heavy atom. The van der Waals surface area contributed by atoms with Crippen LogP contribution >= 0.6 is 15.9 Å². The van der Waals surface area contributed by atoms with Crippen LogP contribution in [0.3, 0.4) is 0 Å². The lowest BCUT2D eigenvalue weighted by Gasteiger charge is -2.18. The summed E-state index contributed by atoms with van der Waals surface area (Å²) in [5, 5.41) is 2.75. The Labute approximate surface area is 239 Å². The van der Waals surface area contributed by atoms with Gasteiger partial charge in [-0.3, -0.25) is 24.1 Å². The number of anilines is 2. The van der Waals surface area contributed by atoms with Gasteiger partial charge in [-0.05, 0) is 74.4 Å². The Morgan fingerprint density at radius 3 is 2.30 bits per heavy atom. The van der Waals surface area contributed by atoms with Crippen LogP contribution in [0.4, 0.5) is 11.4 Å². The lowest BCUT2D eigenvalue weighted by molar-refractivity contribution is -0.122. The molecule has 3 amide bonds. The van der Waals surface area contributed by atoms with E-state index in [1.165, 1.54) is 23.1 Å². The number of rotatable bonds is 7. The van der Waals surface area contributed by atoms with Crippen molar-refractivity contribution in [2.75, 3.05) is 16.8 Å². The second-order valence-corrected chi connectivity index (χ2v) is 10.7. The molecule has 2 atom stereocenters. The molecule has 1 aliphatic carbocycles. The van der Waals surface area contributed by atoms with E-state index in [4.69, 9.17) is 4.74 Å². The Bertz CT molecular complexity index is 1540. The lowest BCUT2D eigenvalue weighted by atomic mass is 9.82.